The van der Waals surface area contributed by atoms with Gasteiger partial charge in [-0.05, 0) is 65.9 Å². The number of sulfonamides is 2. The van der Waals surface area contributed by atoms with Crippen molar-refractivity contribution in [2.75, 3.05) is 23.9 Å². The molecule has 1 fully saturated rings. The van der Waals surface area contributed by atoms with Crippen LogP contribution < -0.4 is 4.31 Å². The van der Waals surface area contributed by atoms with Crippen molar-refractivity contribution in [3.63, 3.8) is 0 Å². The van der Waals surface area contributed by atoms with Crippen molar-refractivity contribution in [2.24, 2.45) is 0 Å². The topological polar surface area (TPSA) is 74.8 Å². The number of rotatable bonds is 4. The number of piperidine rings is 1. The first kappa shape index (κ1) is 20.5. The number of hydrogen-bond acceptors (Lipinski definition) is 4. The molecule has 162 valence electrons. The van der Waals surface area contributed by atoms with Gasteiger partial charge in [-0.25, -0.2) is 16.8 Å². The Kier molecular flexibility index (Phi) is 5.03. The molecule has 0 spiro atoms. The van der Waals surface area contributed by atoms with Gasteiger partial charge in [0.05, 0.1) is 15.5 Å². The number of hydrogen-bond donors (Lipinski definition) is 0. The lowest BCUT2D eigenvalue weighted by molar-refractivity contribution is 0.346. The number of fused-ring (bicyclic) bond motifs is 2. The van der Waals surface area contributed by atoms with Gasteiger partial charge >= 0.3 is 0 Å². The molecule has 0 atom stereocenters. The predicted octanol–water partition coefficient (Wildman–Crippen LogP) is 3.77. The van der Waals surface area contributed by atoms with Crippen LogP contribution in [0.4, 0.5) is 5.69 Å². The van der Waals surface area contributed by atoms with Crippen LogP contribution >= 0.6 is 0 Å². The second-order valence-electron chi connectivity index (χ2n) is 8.09. The molecule has 6 nitrogen and oxygen atoms in total. The van der Waals surface area contributed by atoms with Crippen LogP contribution in [-0.4, -0.2) is 40.8 Å². The average Bonchev–Trinajstić information content (AvgIpc) is 3.23. The third kappa shape index (κ3) is 3.52. The Balaban J connectivity index is 1.48. The van der Waals surface area contributed by atoms with E-state index in [0.29, 0.717) is 31.7 Å². The van der Waals surface area contributed by atoms with Crippen molar-refractivity contribution < 1.29 is 16.8 Å². The van der Waals surface area contributed by atoms with Crippen LogP contribution in [-0.2, 0) is 26.5 Å². The molecule has 0 radical (unpaired) electrons. The van der Waals surface area contributed by atoms with Crippen molar-refractivity contribution in [3.8, 4) is 0 Å². The average molecular weight is 457 g/mol. The summed E-state index contributed by atoms with van der Waals surface area (Å²) in [5.41, 5.74) is 1.31. The van der Waals surface area contributed by atoms with Gasteiger partial charge in [0, 0.05) is 19.6 Å². The van der Waals surface area contributed by atoms with Crippen molar-refractivity contribution in [1.82, 2.24) is 4.31 Å². The van der Waals surface area contributed by atoms with Gasteiger partial charge in [0.25, 0.3) is 10.0 Å². The predicted molar refractivity (Wildman–Crippen MR) is 121 cm³/mol. The standard InChI is InChI=1S/C23H24N2O4S2/c26-30(27,24-13-4-1-5-14-24)21-10-11-23-20(17-21)12-15-25(23)31(28,29)22-9-8-18-6-2-3-7-19(18)16-22/h2-3,6-11,16-17H,1,4-5,12-15H2. The summed E-state index contributed by atoms with van der Waals surface area (Å²) >= 11 is 0. The fraction of sp³-hybridized carbons (Fsp3) is 0.304. The van der Waals surface area contributed by atoms with Crippen LogP contribution in [0.3, 0.4) is 0 Å². The fourth-order valence-corrected chi connectivity index (χ4v) is 7.57. The summed E-state index contributed by atoms with van der Waals surface area (Å²) in [7, 11) is -7.29. The van der Waals surface area contributed by atoms with Gasteiger partial charge < -0.3 is 0 Å². The number of anilines is 1. The highest BCUT2D eigenvalue weighted by Gasteiger charge is 2.33. The van der Waals surface area contributed by atoms with E-state index in [9.17, 15) is 16.8 Å². The molecule has 0 N–H and O–H groups in total. The maximum Gasteiger partial charge on any atom is 0.264 e. The maximum absolute atomic E-state index is 13.4. The summed E-state index contributed by atoms with van der Waals surface area (Å²) in [6.07, 6.45) is 3.30. The molecule has 0 saturated carbocycles. The zero-order valence-electron chi connectivity index (χ0n) is 17.1. The normalized spacial score (nSPS) is 17.7. The molecule has 1 saturated heterocycles. The fourth-order valence-electron chi connectivity index (χ4n) is 4.47. The van der Waals surface area contributed by atoms with E-state index in [0.717, 1.165) is 35.6 Å². The second kappa shape index (κ2) is 7.62. The molecular formula is C23H24N2O4S2. The van der Waals surface area contributed by atoms with E-state index in [4.69, 9.17) is 0 Å². The highest BCUT2D eigenvalue weighted by molar-refractivity contribution is 7.92. The van der Waals surface area contributed by atoms with Crippen LogP contribution in [0.5, 0.6) is 0 Å². The van der Waals surface area contributed by atoms with E-state index in [1.807, 2.05) is 30.3 Å². The summed E-state index contributed by atoms with van der Waals surface area (Å²) < 4.78 is 55.7. The molecule has 2 heterocycles. The van der Waals surface area contributed by atoms with Gasteiger partial charge in [-0.3, -0.25) is 4.31 Å². The first-order chi connectivity index (χ1) is 14.9. The Bertz CT molecular complexity index is 1360. The van der Waals surface area contributed by atoms with E-state index in [2.05, 4.69) is 0 Å². The smallest absolute Gasteiger partial charge is 0.264 e. The van der Waals surface area contributed by atoms with Gasteiger partial charge in [0.1, 0.15) is 0 Å². The lowest BCUT2D eigenvalue weighted by Gasteiger charge is -2.26. The minimum absolute atomic E-state index is 0.240. The molecule has 0 unspecified atom stereocenters. The molecule has 31 heavy (non-hydrogen) atoms. The molecular weight excluding hydrogens is 432 g/mol. The first-order valence-electron chi connectivity index (χ1n) is 10.5. The van der Waals surface area contributed by atoms with Crippen LogP contribution in [0.2, 0.25) is 0 Å². The summed E-state index contributed by atoms with van der Waals surface area (Å²) in [5, 5.41) is 1.85. The Morgan fingerprint density at radius 2 is 1.32 bits per heavy atom. The van der Waals surface area contributed by atoms with Crippen molar-refractivity contribution in [1.29, 1.82) is 0 Å². The molecule has 0 aromatic heterocycles. The van der Waals surface area contributed by atoms with E-state index < -0.39 is 20.0 Å². The van der Waals surface area contributed by atoms with Crippen molar-refractivity contribution >= 4 is 36.5 Å². The van der Waals surface area contributed by atoms with Gasteiger partial charge in [-0.2, -0.15) is 4.31 Å². The van der Waals surface area contributed by atoms with E-state index >= 15 is 0 Å². The van der Waals surface area contributed by atoms with E-state index in [-0.39, 0.29) is 9.79 Å². The molecule has 3 aromatic carbocycles. The van der Waals surface area contributed by atoms with Crippen LogP contribution in [0.15, 0.2) is 70.5 Å². The lowest BCUT2D eigenvalue weighted by Crippen LogP contribution is -2.35. The molecule has 3 aromatic rings. The molecule has 5 rings (SSSR count). The minimum Gasteiger partial charge on any atom is -0.266 e. The largest absolute Gasteiger partial charge is 0.266 e. The van der Waals surface area contributed by atoms with Gasteiger partial charge in [-0.1, -0.05) is 36.8 Å². The van der Waals surface area contributed by atoms with Crippen LogP contribution in [0, 0.1) is 0 Å². The Hall–Kier alpha value is -2.42. The third-order valence-corrected chi connectivity index (χ3v) is 9.87. The minimum atomic E-state index is -3.74. The summed E-state index contributed by atoms with van der Waals surface area (Å²) in [5.74, 6) is 0. The maximum atomic E-state index is 13.4. The highest BCUT2D eigenvalue weighted by Crippen LogP contribution is 2.36. The highest BCUT2D eigenvalue weighted by atomic mass is 32.2. The Morgan fingerprint density at radius 3 is 2.10 bits per heavy atom. The monoisotopic (exact) mass is 456 g/mol. The molecule has 0 amide bonds. The first-order valence-corrected chi connectivity index (χ1v) is 13.4. The van der Waals surface area contributed by atoms with Gasteiger partial charge in [-0.15, -0.1) is 0 Å². The van der Waals surface area contributed by atoms with Crippen LogP contribution in [0.1, 0.15) is 24.8 Å². The summed E-state index contributed by atoms with van der Waals surface area (Å²) in [6.45, 7) is 1.39. The third-order valence-electron chi connectivity index (χ3n) is 6.17. The molecule has 2 aliphatic heterocycles. The SMILES string of the molecule is O=S(=O)(c1ccc2c(c1)CCN2S(=O)(=O)c1ccc2ccccc2c1)N1CCCCC1. The number of nitrogens with zero attached hydrogens (tertiary/aromatic N) is 2. The molecule has 0 aliphatic carbocycles. The molecule has 0 bridgehead atoms. The van der Waals surface area contributed by atoms with Crippen LogP contribution in [0.25, 0.3) is 10.8 Å². The summed E-state index contributed by atoms with van der Waals surface area (Å²) in [4.78, 5) is 0.488. The van der Waals surface area contributed by atoms with Crippen molar-refractivity contribution in [2.45, 2.75) is 35.5 Å². The van der Waals surface area contributed by atoms with Gasteiger partial charge in [0.15, 0.2) is 0 Å². The summed E-state index contributed by atoms with van der Waals surface area (Å²) in [6, 6.07) is 17.6. The zero-order chi connectivity index (χ0) is 21.6. The number of benzene rings is 3. The zero-order valence-corrected chi connectivity index (χ0v) is 18.7. The van der Waals surface area contributed by atoms with E-state index in [1.54, 1.807) is 24.3 Å². The van der Waals surface area contributed by atoms with Crippen molar-refractivity contribution in [3.05, 3.63) is 66.2 Å². The second-order valence-corrected chi connectivity index (χ2v) is 11.9. The lowest BCUT2D eigenvalue weighted by atomic mass is 10.1. The van der Waals surface area contributed by atoms with Gasteiger partial charge in [0.2, 0.25) is 10.0 Å². The van der Waals surface area contributed by atoms with E-state index in [1.165, 1.54) is 14.7 Å². The molecule has 8 heteroatoms. The molecule has 2 aliphatic rings. The Morgan fingerprint density at radius 1 is 0.645 bits per heavy atom. The quantitative estimate of drug-likeness (QED) is 0.599. The Labute approximate surface area is 183 Å².